The van der Waals surface area contributed by atoms with Crippen LogP contribution < -0.4 is 0 Å². The van der Waals surface area contributed by atoms with Gasteiger partial charge in [-0.05, 0) is 19.5 Å². The first kappa shape index (κ1) is 20.8. The van der Waals surface area contributed by atoms with E-state index in [2.05, 4.69) is 20.0 Å². The standard InChI is InChI=1S/C16H34Cl2OSi/c1-4-5-6-7-8-9-10-11-12-13-14-15-19-20(2,3)16(17)18/h16H,4-15H2,1-3H3. The van der Waals surface area contributed by atoms with Gasteiger partial charge >= 0.3 is 0 Å². The summed E-state index contributed by atoms with van der Waals surface area (Å²) >= 11 is 11.8. The SMILES string of the molecule is CCCCCCCCCCCCCO[Si](C)(C)C(Cl)Cl. The zero-order chi connectivity index (χ0) is 15.3. The quantitative estimate of drug-likeness (QED) is 0.190. The highest BCUT2D eigenvalue weighted by Crippen LogP contribution is 2.20. The largest absolute Gasteiger partial charge is 0.415 e. The van der Waals surface area contributed by atoms with Gasteiger partial charge in [-0.15, -0.1) is 23.2 Å². The normalized spacial score (nSPS) is 12.3. The highest BCUT2D eigenvalue weighted by Gasteiger charge is 2.30. The third-order valence-electron chi connectivity index (χ3n) is 3.75. The van der Waals surface area contributed by atoms with Crippen molar-refractivity contribution in [2.45, 2.75) is 95.1 Å². The van der Waals surface area contributed by atoms with Gasteiger partial charge in [0.15, 0.2) is 0 Å². The third-order valence-corrected chi connectivity index (χ3v) is 8.90. The number of hydrogen-bond acceptors (Lipinski definition) is 1. The summed E-state index contributed by atoms with van der Waals surface area (Å²) < 4.78 is 5.52. The minimum Gasteiger partial charge on any atom is -0.415 e. The third kappa shape index (κ3) is 12.5. The van der Waals surface area contributed by atoms with Gasteiger partial charge in [0.1, 0.15) is 4.46 Å². The Morgan fingerprint density at radius 1 is 0.750 bits per heavy atom. The molecule has 0 saturated heterocycles. The number of hydrogen-bond donors (Lipinski definition) is 0. The van der Waals surface area contributed by atoms with Crippen LogP contribution in [0.2, 0.25) is 13.1 Å². The molecule has 0 aliphatic rings. The van der Waals surface area contributed by atoms with E-state index >= 15 is 0 Å². The Hall–Kier alpha value is 0.757. The highest BCUT2D eigenvalue weighted by atomic mass is 35.5. The molecule has 0 aromatic rings. The van der Waals surface area contributed by atoms with Crippen molar-refractivity contribution in [2.24, 2.45) is 0 Å². The summed E-state index contributed by atoms with van der Waals surface area (Å²) in [6.45, 7) is 7.26. The molecule has 0 aromatic carbocycles. The summed E-state index contributed by atoms with van der Waals surface area (Å²) in [5.74, 6) is 0. The van der Waals surface area contributed by atoms with Crippen molar-refractivity contribution in [3.05, 3.63) is 0 Å². The molecule has 0 rings (SSSR count). The minimum atomic E-state index is -1.85. The summed E-state index contributed by atoms with van der Waals surface area (Å²) in [6.07, 6.45) is 15.0. The molecule has 0 spiro atoms. The van der Waals surface area contributed by atoms with Gasteiger partial charge in [-0.3, -0.25) is 0 Å². The maximum Gasteiger partial charge on any atom is 0.220 e. The Balaban J connectivity index is 3.17. The van der Waals surface area contributed by atoms with Crippen LogP contribution in [0.15, 0.2) is 0 Å². The van der Waals surface area contributed by atoms with Crippen LogP contribution in [0.25, 0.3) is 0 Å². The molecule has 1 nitrogen and oxygen atoms in total. The van der Waals surface area contributed by atoms with Crippen molar-refractivity contribution in [1.29, 1.82) is 0 Å². The van der Waals surface area contributed by atoms with Gasteiger partial charge in [0, 0.05) is 6.61 Å². The molecular formula is C16H34Cl2OSi. The molecular weight excluding hydrogens is 307 g/mol. The lowest BCUT2D eigenvalue weighted by molar-refractivity contribution is 0.296. The number of rotatable bonds is 14. The molecule has 0 unspecified atom stereocenters. The summed E-state index contributed by atoms with van der Waals surface area (Å²) in [7, 11) is -1.85. The number of alkyl halides is 2. The highest BCUT2D eigenvalue weighted by molar-refractivity contribution is 6.87. The van der Waals surface area contributed by atoms with Crippen LogP contribution in [-0.4, -0.2) is 19.4 Å². The molecule has 0 aromatic heterocycles. The Kier molecular flexibility index (Phi) is 13.9. The van der Waals surface area contributed by atoms with Crippen molar-refractivity contribution in [3.63, 3.8) is 0 Å². The van der Waals surface area contributed by atoms with E-state index in [1.807, 2.05) is 0 Å². The smallest absolute Gasteiger partial charge is 0.220 e. The Labute approximate surface area is 137 Å². The van der Waals surface area contributed by atoms with Gasteiger partial charge in [0.25, 0.3) is 0 Å². The molecule has 0 radical (unpaired) electrons. The van der Waals surface area contributed by atoms with E-state index in [9.17, 15) is 0 Å². The topological polar surface area (TPSA) is 9.23 Å². The molecule has 122 valence electrons. The van der Waals surface area contributed by atoms with Crippen molar-refractivity contribution >= 4 is 31.5 Å². The molecule has 4 heteroatoms. The zero-order valence-electron chi connectivity index (χ0n) is 13.7. The fourth-order valence-electron chi connectivity index (χ4n) is 2.16. The lowest BCUT2D eigenvalue weighted by Crippen LogP contribution is -2.38. The van der Waals surface area contributed by atoms with Crippen LogP contribution in [0.1, 0.15) is 77.6 Å². The molecule has 0 amide bonds. The fourth-order valence-corrected chi connectivity index (χ4v) is 3.34. The predicted molar refractivity (Wildman–Crippen MR) is 95.4 cm³/mol. The molecule has 0 aliphatic carbocycles. The van der Waals surface area contributed by atoms with Gasteiger partial charge < -0.3 is 4.43 Å². The van der Waals surface area contributed by atoms with Crippen LogP contribution in [-0.2, 0) is 4.43 Å². The molecule has 0 aliphatic heterocycles. The van der Waals surface area contributed by atoms with E-state index in [1.54, 1.807) is 0 Å². The van der Waals surface area contributed by atoms with Crippen LogP contribution >= 0.6 is 23.2 Å². The van der Waals surface area contributed by atoms with Gasteiger partial charge in [-0.2, -0.15) is 0 Å². The summed E-state index contributed by atoms with van der Waals surface area (Å²) in [4.78, 5) is 0. The second-order valence-corrected chi connectivity index (χ2v) is 12.2. The maximum absolute atomic E-state index is 5.91. The second-order valence-electron chi connectivity index (χ2n) is 6.29. The van der Waals surface area contributed by atoms with Gasteiger partial charge in [0.2, 0.25) is 8.32 Å². The molecule has 0 saturated carbocycles. The average Bonchev–Trinajstić information content (AvgIpc) is 2.39. The van der Waals surface area contributed by atoms with Crippen molar-refractivity contribution < 1.29 is 4.43 Å². The van der Waals surface area contributed by atoms with E-state index in [0.717, 1.165) is 13.0 Å². The maximum atomic E-state index is 5.91. The van der Waals surface area contributed by atoms with E-state index in [-0.39, 0.29) is 4.46 Å². The number of halogens is 2. The first-order chi connectivity index (χ1) is 9.50. The summed E-state index contributed by atoms with van der Waals surface area (Å²) in [6, 6.07) is 0. The van der Waals surface area contributed by atoms with E-state index in [0.29, 0.717) is 0 Å². The van der Waals surface area contributed by atoms with Gasteiger partial charge in [-0.25, -0.2) is 0 Å². The Morgan fingerprint density at radius 3 is 1.55 bits per heavy atom. The fraction of sp³-hybridized carbons (Fsp3) is 1.00. The molecule has 20 heavy (non-hydrogen) atoms. The molecule has 0 heterocycles. The minimum absolute atomic E-state index is 0.324. The van der Waals surface area contributed by atoms with Crippen LogP contribution in [0.5, 0.6) is 0 Å². The van der Waals surface area contributed by atoms with Crippen molar-refractivity contribution in [1.82, 2.24) is 0 Å². The average molecular weight is 341 g/mol. The first-order valence-electron chi connectivity index (χ1n) is 8.43. The molecule has 0 bridgehead atoms. The molecule has 0 atom stereocenters. The second kappa shape index (κ2) is 13.4. The van der Waals surface area contributed by atoms with Crippen molar-refractivity contribution in [2.75, 3.05) is 6.61 Å². The molecule has 0 fully saturated rings. The van der Waals surface area contributed by atoms with E-state index in [1.165, 1.54) is 64.2 Å². The lowest BCUT2D eigenvalue weighted by atomic mass is 10.1. The van der Waals surface area contributed by atoms with E-state index < -0.39 is 8.32 Å². The monoisotopic (exact) mass is 340 g/mol. The molecule has 0 N–H and O–H groups in total. The lowest BCUT2D eigenvalue weighted by Gasteiger charge is -2.23. The Bertz CT molecular complexity index is 211. The first-order valence-corrected chi connectivity index (χ1v) is 12.3. The van der Waals surface area contributed by atoms with Gasteiger partial charge in [-0.1, -0.05) is 71.1 Å². The summed E-state index contributed by atoms with van der Waals surface area (Å²) in [5, 5.41) is 0. The van der Waals surface area contributed by atoms with E-state index in [4.69, 9.17) is 27.6 Å². The van der Waals surface area contributed by atoms with Crippen LogP contribution in [0, 0.1) is 0 Å². The Morgan fingerprint density at radius 2 is 1.15 bits per heavy atom. The van der Waals surface area contributed by atoms with Gasteiger partial charge in [0.05, 0.1) is 0 Å². The predicted octanol–water partition coefficient (Wildman–Crippen LogP) is 6.86. The summed E-state index contributed by atoms with van der Waals surface area (Å²) in [5.41, 5.74) is 0. The van der Waals surface area contributed by atoms with Crippen LogP contribution in [0.4, 0.5) is 0 Å². The zero-order valence-corrected chi connectivity index (χ0v) is 16.2. The number of unbranched alkanes of at least 4 members (excludes halogenated alkanes) is 10. The van der Waals surface area contributed by atoms with Crippen molar-refractivity contribution in [3.8, 4) is 0 Å². The van der Waals surface area contributed by atoms with Crippen LogP contribution in [0.3, 0.4) is 0 Å².